The van der Waals surface area contributed by atoms with Gasteiger partial charge in [-0.15, -0.1) is 0 Å². The van der Waals surface area contributed by atoms with Crippen molar-refractivity contribution in [3.8, 4) is 0 Å². The van der Waals surface area contributed by atoms with Crippen LogP contribution >= 0.6 is 24.4 Å². The van der Waals surface area contributed by atoms with Crippen molar-refractivity contribution in [1.82, 2.24) is 0 Å². The van der Waals surface area contributed by atoms with E-state index in [2.05, 4.69) is 40.8 Å². The van der Waals surface area contributed by atoms with Crippen LogP contribution in [0, 0.1) is 0 Å². The monoisotopic (exact) mass is 421 g/mol. The fraction of sp³-hybridized carbons (Fsp3) is 0.833. The van der Waals surface area contributed by atoms with Crippen molar-refractivity contribution in [2.75, 3.05) is 0 Å². The smallest absolute Gasteiger partial charge is 1.00 e. The number of rotatable bonds is 7. The molecule has 0 aliphatic carbocycles. The molecule has 0 aromatic heterocycles. The predicted octanol–water partition coefficient (Wildman–Crippen LogP) is -1.23. The van der Waals surface area contributed by atoms with Gasteiger partial charge in [-0.25, -0.2) is 0 Å². The summed E-state index contributed by atoms with van der Waals surface area (Å²) in [5, 5.41) is 0. The van der Waals surface area contributed by atoms with E-state index in [1.165, 1.54) is 22.6 Å². The number of thiocarbonyl (C=S) groups is 2. The van der Waals surface area contributed by atoms with Crippen LogP contribution in [0.3, 0.4) is 0 Å². The molecule has 6 heteroatoms. The second-order valence-electron chi connectivity index (χ2n) is 4.80. The van der Waals surface area contributed by atoms with Gasteiger partial charge in [-0.3, -0.25) is 0 Å². The van der Waals surface area contributed by atoms with Crippen molar-refractivity contribution >= 4 is 40.1 Å². The van der Waals surface area contributed by atoms with Crippen LogP contribution in [0.15, 0.2) is 0 Å². The summed E-state index contributed by atoms with van der Waals surface area (Å²) in [7, 11) is 0. The molecular formula is C12H25Cl2S2SiZr. The summed E-state index contributed by atoms with van der Waals surface area (Å²) in [6.07, 6.45) is 2.52. The second-order valence-corrected chi connectivity index (χ2v) is 26.7. The Morgan fingerprint density at radius 3 is 1.33 bits per heavy atom. The molecule has 0 rings (SSSR count). The molecule has 0 aliphatic heterocycles. The summed E-state index contributed by atoms with van der Waals surface area (Å²) in [4.78, 5) is 2.54. The molecule has 0 nitrogen and oxygen atoms in total. The zero-order valence-corrected chi connectivity index (χ0v) is 19.0. The Hall–Kier alpha value is 1.86. The second kappa shape index (κ2) is 12.6. The van der Waals surface area contributed by atoms with Gasteiger partial charge >= 0.3 is 122 Å². The van der Waals surface area contributed by atoms with Crippen LogP contribution in [0.4, 0.5) is 0 Å². The van der Waals surface area contributed by atoms with Crippen LogP contribution in [0.1, 0.15) is 40.5 Å². The third kappa shape index (κ3) is 7.59. The summed E-state index contributed by atoms with van der Waals surface area (Å²) < 4.78 is 1.60. The van der Waals surface area contributed by atoms with Gasteiger partial charge in [0.15, 0.2) is 0 Å². The zero-order valence-electron chi connectivity index (χ0n) is 12.2. The summed E-state index contributed by atoms with van der Waals surface area (Å²) >= 11 is 9.55. The minimum Gasteiger partial charge on any atom is -1.00 e. The molecular weight excluding hydrogens is 398 g/mol. The van der Waals surface area contributed by atoms with Crippen molar-refractivity contribution in [3.05, 3.63) is 0 Å². The van der Waals surface area contributed by atoms with Crippen molar-refractivity contribution in [2.24, 2.45) is 0 Å². The number of hydrogen-bond donors (Lipinski definition) is 0. The Kier molecular flexibility index (Phi) is 17.4. The maximum absolute atomic E-state index is 5.49. The number of hydrogen-bond acceptors (Lipinski definition) is 2. The first-order chi connectivity index (χ1) is 7.36. The molecule has 0 heterocycles. The average Bonchev–Trinajstić information content (AvgIpc) is 2.16. The molecule has 0 amide bonds. The van der Waals surface area contributed by atoms with Crippen molar-refractivity contribution in [3.63, 3.8) is 0 Å². The van der Waals surface area contributed by atoms with Crippen LogP contribution in [0.2, 0.25) is 20.3 Å². The van der Waals surface area contributed by atoms with Crippen molar-refractivity contribution < 1.29 is 45.7 Å². The maximum Gasteiger partial charge on any atom is -1.00 e. The Labute approximate surface area is 145 Å². The summed E-state index contributed by atoms with van der Waals surface area (Å²) in [6.45, 7) is 14.0. The molecule has 0 radical (unpaired) electrons. The predicted molar refractivity (Wildman–Crippen MR) is 83.5 cm³/mol. The summed E-state index contributed by atoms with van der Waals surface area (Å²) in [5.74, 6) is -0.527. The molecule has 0 saturated carbocycles. The average molecular weight is 424 g/mol. The molecule has 107 valence electrons. The van der Waals surface area contributed by atoms with E-state index in [-0.39, 0.29) is 24.8 Å². The van der Waals surface area contributed by atoms with E-state index in [9.17, 15) is 0 Å². The first-order valence-electron chi connectivity index (χ1n) is 6.24. The van der Waals surface area contributed by atoms with Gasteiger partial charge in [-0.05, 0) is 0 Å². The fourth-order valence-corrected chi connectivity index (χ4v) is 31.0. The molecule has 0 saturated heterocycles. The normalized spacial score (nSPS) is 13.1. The first kappa shape index (κ1) is 24.9. The van der Waals surface area contributed by atoms with E-state index in [0.717, 1.165) is 7.25 Å². The molecule has 0 bridgehead atoms. The summed E-state index contributed by atoms with van der Waals surface area (Å²) in [6, 6.07) is 0. The van der Waals surface area contributed by atoms with Crippen LogP contribution in [0.5, 0.6) is 0 Å². The molecule has 18 heavy (non-hydrogen) atoms. The third-order valence-electron chi connectivity index (χ3n) is 3.27. The van der Waals surface area contributed by atoms with E-state index in [1.54, 1.807) is 0 Å². The fourth-order valence-electron chi connectivity index (χ4n) is 2.56. The van der Waals surface area contributed by atoms with E-state index < -0.39 is 26.8 Å². The maximum atomic E-state index is 5.49. The van der Waals surface area contributed by atoms with Gasteiger partial charge in [-0.1, -0.05) is 0 Å². The van der Waals surface area contributed by atoms with Gasteiger partial charge in [0.05, 0.1) is 0 Å². The summed E-state index contributed by atoms with van der Waals surface area (Å²) in [5.41, 5.74) is 0. The largest absolute Gasteiger partial charge is 1.00 e. The SMILES string of the molecule is CC[CH](C(C)=S)[Zr+2]([CH](CC)C(C)=S)[SiH](C)C.[Cl-].[Cl-]. The van der Waals surface area contributed by atoms with E-state index in [1.807, 2.05) is 0 Å². The molecule has 0 spiro atoms. The molecule has 0 fully saturated rings. The quantitative estimate of drug-likeness (QED) is 0.372. The van der Waals surface area contributed by atoms with Gasteiger partial charge in [-0.2, -0.15) is 0 Å². The van der Waals surface area contributed by atoms with Gasteiger partial charge in [0.25, 0.3) is 0 Å². The minimum atomic E-state index is -1.44. The van der Waals surface area contributed by atoms with Crippen LogP contribution < -0.4 is 24.8 Å². The third-order valence-corrected chi connectivity index (χ3v) is 28.9. The topological polar surface area (TPSA) is 0 Å². The van der Waals surface area contributed by atoms with Gasteiger partial charge in [0.1, 0.15) is 0 Å². The van der Waals surface area contributed by atoms with E-state index >= 15 is 0 Å². The van der Waals surface area contributed by atoms with Gasteiger partial charge in [0, 0.05) is 0 Å². The molecule has 0 aromatic rings. The molecule has 2 atom stereocenters. The number of halogens is 2. The molecule has 0 aliphatic rings. The van der Waals surface area contributed by atoms with Crippen molar-refractivity contribution in [2.45, 2.75) is 60.9 Å². The van der Waals surface area contributed by atoms with Crippen molar-refractivity contribution in [1.29, 1.82) is 0 Å². The standard InChI is InChI=1S/2C5H9S.C2H7Si.2ClH.Zr/c2*1-3-4-5(2)6;1-3-2;;;/h2*4H,3H2,1-2H3;3H,1-2H3;2*1H;/q;;;;;+2/p-2. The van der Waals surface area contributed by atoms with Crippen LogP contribution in [-0.4, -0.2) is 15.7 Å². The van der Waals surface area contributed by atoms with E-state index in [4.69, 9.17) is 24.4 Å². The van der Waals surface area contributed by atoms with Gasteiger partial charge in [0.2, 0.25) is 0 Å². The van der Waals surface area contributed by atoms with E-state index in [0.29, 0.717) is 0 Å². The molecule has 2 unspecified atom stereocenters. The molecule has 0 N–H and O–H groups in total. The Balaban J connectivity index is -0.00000112. The molecule has 0 aromatic carbocycles. The minimum absolute atomic E-state index is 0. The Bertz CT molecular complexity index is 240. The van der Waals surface area contributed by atoms with Crippen LogP contribution in [-0.2, 0) is 20.9 Å². The Morgan fingerprint density at radius 1 is 0.944 bits per heavy atom. The van der Waals surface area contributed by atoms with Gasteiger partial charge < -0.3 is 24.8 Å². The first-order valence-corrected chi connectivity index (χ1v) is 17.0. The Morgan fingerprint density at radius 2 is 1.22 bits per heavy atom. The zero-order chi connectivity index (χ0) is 12.9. The van der Waals surface area contributed by atoms with Crippen LogP contribution in [0.25, 0.3) is 0 Å².